The number of hydrogen-bond acceptors (Lipinski definition) is 3. The first kappa shape index (κ1) is 41.9. The topological polar surface area (TPSA) is 63.6 Å². The molecule has 0 aromatic rings. The monoisotopic (exact) mass is 609 g/mol. The van der Waals surface area contributed by atoms with Gasteiger partial charge in [-0.1, -0.05) is 181 Å². The summed E-state index contributed by atoms with van der Waals surface area (Å²) >= 11 is 0. The standard InChI is InChI=1S/C39H76O4/c1-3-5-7-9-10-11-12-18-21-24-28-32-36-39(42)43-37(33-29-25-8-6-4-2)34-30-26-22-19-16-14-13-15-17-20-23-27-31-35-38(40)41/h37H,3-36H2,1-2H3,(H,40,41). The van der Waals surface area contributed by atoms with E-state index in [2.05, 4.69) is 13.8 Å². The van der Waals surface area contributed by atoms with Crippen molar-refractivity contribution in [1.29, 1.82) is 0 Å². The molecule has 0 heterocycles. The van der Waals surface area contributed by atoms with Crippen LogP contribution in [0.15, 0.2) is 0 Å². The zero-order valence-electron chi connectivity index (χ0n) is 29.3. The molecule has 1 atom stereocenters. The lowest BCUT2D eigenvalue weighted by Crippen LogP contribution is -2.18. The zero-order chi connectivity index (χ0) is 31.5. The van der Waals surface area contributed by atoms with Crippen molar-refractivity contribution in [3.05, 3.63) is 0 Å². The van der Waals surface area contributed by atoms with Crippen molar-refractivity contribution < 1.29 is 19.4 Å². The van der Waals surface area contributed by atoms with Gasteiger partial charge in [-0.25, -0.2) is 0 Å². The summed E-state index contributed by atoms with van der Waals surface area (Å²) in [5.41, 5.74) is 0. The molecule has 0 spiro atoms. The number of esters is 1. The molecule has 0 saturated heterocycles. The fourth-order valence-electron chi connectivity index (χ4n) is 6.19. The van der Waals surface area contributed by atoms with Gasteiger partial charge in [-0.05, 0) is 38.5 Å². The van der Waals surface area contributed by atoms with Gasteiger partial charge in [0.25, 0.3) is 0 Å². The van der Waals surface area contributed by atoms with Gasteiger partial charge in [-0.2, -0.15) is 0 Å². The van der Waals surface area contributed by atoms with Crippen LogP contribution in [0.25, 0.3) is 0 Å². The molecule has 0 aromatic heterocycles. The molecule has 4 heteroatoms. The molecule has 0 aliphatic carbocycles. The summed E-state index contributed by atoms with van der Waals surface area (Å²) in [6.45, 7) is 4.54. The van der Waals surface area contributed by atoms with Crippen LogP contribution in [0.5, 0.6) is 0 Å². The van der Waals surface area contributed by atoms with Crippen LogP contribution in [0.1, 0.15) is 232 Å². The molecule has 1 unspecified atom stereocenters. The highest BCUT2D eigenvalue weighted by atomic mass is 16.5. The highest BCUT2D eigenvalue weighted by Crippen LogP contribution is 2.19. The molecule has 0 aliphatic heterocycles. The molecular weight excluding hydrogens is 532 g/mol. The Morgan fingerprint density at radius 2 is 0.698 bits per heavy atom. The van der Waals surface area contributed by atoms with E-state index >= 15 is 0 Å². The van der Waals surface area contributed by atoms with Gasteiger partial charge < -0.3 is 9.84 Å². The predicted octanol–water partition coefficient (Wildman–Crippen LogP) is 13.3. The van der Waals surface area contributed by atoms with E-state index in [4.69, 9.17) is 9.84 Å². The van der Waals surface area contributed by atoms with Crippen LogP contribution < -0.4 is 0 Å². The Hall–Kier alpha value is -1.06. The third-order valence-electron chi connectivity index (χ3n) is 9.08. The maximum absolute atomic E-state index is 12.6. The van der Waals surface area contributed by atoms with Gasteiger partial charge in [0.15, 0.2) is 0 Å². The Morgan fingerprint density at radius 1 is 0.419 bits per heavy atom. The van der Waals surface area contributed by atoms with Crippen molar-refractivity contribution in [3.8, 4) is 0 Å². The summed E-state index contributed by atoms with van der Waals surface area (Å²) in [7, 11) is 0. The number of rotatable bonds is 36. The maximum atomic E-state index is 12.6. The minimum atomic E-state index is -0.665. The normalized spacial score (nSPS) is 12.0. The Labute approximate surface area is 269 Å². The molecule has 1 N–H and O–H groups in total. The fraction of sp³-hybridized carbons (Fsp3) is 0.949. The lowest BCUT2D eigenvalue weighted by Gasteiger charge is -2.18. The quantitative estimate of drug-likeness (QED) is 0.0567. The Bertz CT molecular complexity index is 576. The minimum Gasteiger partial charge on any atom is -0.481 e. The van der Waals surface area contributed by atoms with Crippen molar-refractivity contribution in [3.63, 3.8) is 0 Å². The van der Waals surface area contributed by atoms with Gasteiger partial charge in [0.2, 0.25) is 0 Å². The van der Waals surface area contributed by atoms with Crippen LogP contribution in [0.3, 0.4) is 0 Å². The average molecular weight is 609 g/mol. The van der Waals surface area contributed by atoms with Crippen LogP contribution in [0.2, 0.25) is 0 Å². The van der Waals surface area contributed by atoms with Gasteiger partial charge in [-0.3, -0.25) is 9.59 Å². The average Bonchev–Trinajstić information content (AvgIpc) is 2.99. The van der Waals surface area contributed by atoms with Crippen LogP contribution in [-0.2, 0) is 14.3 Å². The van der Waals surface area contributed by atoms with E-state index in [9.17, 15) is 9.59 Å². The van der Waals surface area contributed by atoms with Crippen molar-refractivity contribution >= 4 is 11.9 Å². The molecule has 0 bridgehead atoms. The summed E-state index contributed by atoms with van der Waals surface area (Å²) in [6, 6.07) is 0. The molecule has 0 aliphatic rings. The van der Waals surface area contributed by atoms with Gasteiger partial charge in [-0.15, -0.1) is 0 Å². The van der Waals surface area contributed by atoms with Crippen LogP contribution in [0.4, 0.5) is 0 Å². The number of ether oxygens (including phenoxy) is 1. The van der Waals surface area contributed by atoms with Gasteiger partial charge in [0, 0.05) is 12.8 Å². The number of aliphatic carboxylic acids is 1. The van der Waals surface area contributed by atoms with E-state index in [0.717, 1.165) is 32.1 Å². The summed E-state index contributed by atoms with van der Waals surface area (Å²) in [4.78, 5) is 23.1. The van der Waals surface area contributed by atoms with Crippen LogP contribution in [-0.4, -0.2) is 23.1 Å². The fourth-order valence-corrected chi connectivity index (χ4v) is 6.19. The number of carbonyl (C=O) groups is 2. The Balaban J connectivity index is 3.83. The minimum absolute atomic E-state index is 0.0471. The highest BCUT2D eigenvalue weighted by molar-refractivity contribution is 5.69. The van der Waals surface area contributed by atoms with Crippen molar-refractivity contribution in [2.45, 2.75) is 238 Å². The summed E-state index contributed by atoms with van der Waals surface area (Å²) in [6.07, 6.45) is 41.4. The molecule has 0 radical (unpaired) electrons. The maximum Gasteiger partial charge on any atom is 0.306 e. The Morgan fingerprint density at radius 3 is 1.02 bits per heavy atom. The van der Waals surface area contributed by atoms with Crippen molar-refractivity contribution in [1.82, 2.24) is 0 Å². The zero-order valence-corrected chi connectivity index (χ0v) is 29.3. The number of carboxylic acid groups (broad SMARTS) is 1. The van der Waals surface area contributed by atoms with Gasteiger partial charge in [0.05, 0.1) is 0 Å². The molecular formula is C39H76O4. The number of unbranched alkanes of at least 4 members (excludes halogenated alkanes) is 27. The lowest BCUT2D eigenvalue weighted by molar-refractivity contribution is -0.150. The SMILES string of the molecule is CCCCCCCCCCCCCCC(=O)OC(CCCCCCC)CCCCCCCCCCCCCCCC(=O)O. The van der Waals surface area contributed by atoms with E-state index in [1.165, 1.54) is 173 Å². The second kappa shape index (κ2) is 35.4. The number of hydrogen-bond donors (Lipinski definition) is 1. The van der Waals surface area contributed by atoms with Crippen LogP contribution >= 0.6 is 0 Å². The third-order valence-corrected chi connectivity index (χ3v) is 9.08. The van der Waals surface area contributed by atoms with E-state index in [0.29, 0.717) is 12.8 Å². The molecule has 4 nitrogen and oxygen atoms in total. The molecule has 43 heavy (non-hydrogen) atoms. The third kappa shape index (κ3) is 35.3. The lowest BCUT2D eigenvalue weighted by atomic mass is 10.0. The van der Waals surface area contributed by atoms with E-state index in [1.807, 2.05) is 0 Å². The summed E-state index contributed by atoms with van der Waals surface area (Å²) in [5.74, 6) is -0.618. The largest absolute Gasteiger partial charge is 0.481 e. The molecule has 0 rings (SSSR count). The molecule has 256 valence electrons. The van der Waals surface area contributed by atoms with E-state index in [-0.39, 0.29) is 12.1 Å². The second-order valence-corrected chi connectivity index (χ2v) is 13.5. The first-order valence-electron chi connectivity index (χ1n) is 19.5. The summed E-state index contributed by atoms with van der Waals surface area (Å²) in [5, 5.41) is 8.68. The first-order chi connectivity index (χ1) is 21.1. The number of carbonyl (C=O) groups excluding carboxylic acids is 1. The van der Waals surface area contributed by atoms with Crippen LogP contribution in [0, 0.1) is 0 Å². The second-order valence-electron chi connectivity index (χ2n) is 13.5. The van der Waals surface area contributed by atoms with Gasteiger partial charge in [0.1, 0.15) is 6.10 Å². The first-order valence-corrected chi connectivity index (χ1v) is 19.5. The Kier molecular flexibility index (Phi) is 34.5. The van der Waals surface area contributed by atoms with Crippen molar-refractivity contribution in [2.24, 2.45) is 0 Å². The molecule has 0 saturated carbocycles. The molecule has 0 amide bonds. The molecule has 0 aromatic carbocycles. The number of carboxylic acids is 1. The van der Waals surface area contributed by atoms with E-state index in [1.54, 1.807) is 0 Å². The predicted molar refractivity (Wildman–Crippen MR) is 186 cm³/mol. The van der Waals surface area contributed by atoms with E-state index < -0.39 is 5.97 Å². The summed E-state index contributed by atoms with van der Waals surface area (Å²) < 4.78 is 6.02. The smallest absolute Gasteiger partial charge is 0.306 e. The molecule has 0 fully saturated rings. The van der Waals surface area contributed by atoms with Gasteiger partial charge >= 0.3 is 11.9 Å². The highest BCUT2D eigenvalue weighted by Gasteiger charge is 2.14. The van der Waals surface area contributed by atoms with Crippen molar-refractivity contribution in [2.75, 3.05) is 0 Å².